The van der Waals surface area contributed by atoms with Gasteiger partial charge in [-0.25, -0.2) is 0 Å². The van der Waals surface area contributed by atoms with Crippen molar-refractivity contribution in [2.24, 2.45) is 5.92 Å². The molecule has 1 saturated heterocycles. The zero-order valence-electron chi connectivity index (χ0n) is 14.7. The van der Waals surface area contributed by atoms with Crippen molar-refractivity contribution in [2.75, 3.05) is 19.6 Å². The third-order valence-electron chi connectivity index (χ3n) is 5.23. The van der Waals surface area contributed by atoms with Crippen LogP contribution in [0.1, 0.15) is 44.9 Å². The molecule has 1 aromatic heterocycles. The van der Waals surface area contributed by atoms with Crippen LogP contribution in [0.15, 0.2) is 54.9 Å². The Hall–Kier alpha value is -1.67. The summed E-state index contributed by atoms with van der Waals surface area (Å²) in [5.74, 6) is 1.06. The first-order chi connectivity index (χ1) is 11.9. The van der Waals surface area contributed by atoms with Crippen LogP contribution in [-0.4, -0.2) is 29.5 Å². The van der Waals surface area contributed by atoms with E-state index in [0.29, 0.717) is 0 Å². The molecular weight excluding hydrogens is 292 g/mol. The molecule has 2 heterocycles. The monoisotopic (exact) mass is 322 g/mol. The van der Waals surface area contributed by atoms with Gasteiger partial charge in [-0.1, -0.05) is 49.6 Å². The maximum atomic E-state index is 3.97. The molecule has 0 unspecified atom stereocenters. The molecule has 0 atom stereocenters. The summed E-state index contributed by atoms with van der Waals surface area (Å²) in [6.45, 7) is 4.19. The number of likely N-dealkylation sites (tertiary alicyclic amines) is 1. The van der Waals surface area contributed by atoms with E-state index in [0.717, 1.165) is 5.92 Å². The lowest BCUT2D eigenvalue weighted by Crippen LogP contribution is -2.33. The van der Waals surface area contributed by atoms with E-state index < -0.39 is 0 Å². The molecule has 2 heteroatoms. The zero-order valence-corrected chi connectivity index (χ0v) is 14.7. The van der Waals surface area contributed by atoms with Gasteiger partial charge in [-0.3, -0.25) is 4.98 Å². The number of pyridine rings is 1. The summed E-state index contributed by atoms with van der Waals surface area (Å²) in [6.07, 6.45) is 14.0. The van der Waals surface area contributed by atoms with Crippen LogP contribution in [0.25, 0.3) is 11.1 Å². The van der Waals surface area contributed by atoms with Crippen LogP contribution in [-0.2, 0) is 0 Å². The molecular formula is C22H30N2. The van der Waals surface area contributed by atoms with Gasteiger partial charge in [0, 0.05) is 18.9 Å². The Kier molecular flexibility index (Phi) is 6.85. The van der Waals surface area contributed by atoms with Gasteiger partial charge < -0.3 is 4.90 Å². The quantitative estimate of drug-likeness (QED) is 0.751. The van der Waals surface area contributed by atoms with Gasteiger partial charge in [0.2, 0.25) is 0 Å². The largest absolute Gasteiger partial charge is 0.303 e. The van der Waals surface area contributed by atoms with Crippen LogP contribution in [0.3, 0.4) is 0 Å². The number of piperidine rings is 1. The highest BCUT2D eigenvalue weighted by Gasteiger charge is 2.19. The SMILES string of the molecule is C1CCN(CC2CCCC2)CC1.c1ccc(-c2ccncc2)cc1. The predicted octanol–water partition coefficient (Wildman–Crippen LogP) is 5.41. The molecule has 128 valence electrons. The maximum Gasteiger partial charge on any atom is 0.0273 e. The molecule has 0 bridgehead atoms. The molecule has 4 rings (SSSR count). The second kappa shape index (κ2) is 9.58. The molecule has 1 aliphatic heterocycles. The van der Waals surface area contributed by atoms with Gasteiger partial charge in [-0.05, 0) is 68.0 Å². The highest BCUT2D eigenvalue weighted by atomic mass is 15.1. The van der Waals surface area contributed by atoms with Crippen molar-refractivity contribution in [3.8, 4) is 11.1 Å². The fraction of sp³-hybridized carbons (Fsp3) is 0.500. The number of aromatic nitrogens is 1. The van der Waals surface area contributed by atoms with Gasteiger partial charge in [0.25, 0.3) is 0 Å². The molecule has 2 aromatic rings. The molecule has 2 nitrogen and oxygen atoms in total. The van der Waals surface area contributed by atoms with Gasteiger partial charge in [0.05, 0.1) is 0 Å². The summed E-state index contributed by atoms with van der Waals surface area (Å²) in [4.78, 5) is 6.66. The first-order valence-electron chi connectivity index (χ1n) is 9.59. The first kappa shape index (κ1) is 17.2. The van der Waals surface area contributed by atoms with Crippen molar-refractivity contribution in [1.29, 1.82) is 0 Å². The lowest BCUT2D eigenvalue weighted by molar-refractivity contribution is 0.196. The second-order valence-corrected chi connectivity index (χ2v) is 7.11. The summed E-state index contributed by atoms with van der Waals surface area (Å²) < 4.78 is 0. The molecule has 1 aliphatic carbocycles. The predicted molar refractivity (Wildman–Crippen MR) is 102 cm³/mol. The fourth-order valence-corrected chi connectivity index (χ4v) is 3.88. The van der Waals surface area contributed by atoms with Crippen molar-refractivity contribution < 1.29 is 0 Å². The Balaban J connectivity index is 0.000000141. The van der Waals surface area contributed by atoms with Crippen LogP contribution in [0.4, 0.5) is 0 Å². The molecule has 1 saturated carbocycles. The number of hydrogen-bond acceptors (Lipinski definition) is 2. The van der Waals surface area contributed by atoms with Gasteiger partial charge in [-0.2, -0.15) is 0 Å². The average molecular weight is 322 g/mol. The Morgan fingerprint density at radius 2 is 1.38 bits per heavy atom. The van der Waals surface area contributed by atoms with Crippen LogP contribution >= 0.6 is 0 Å². The van der Waals surface area contributed by atoms with Crippen LogP contribution in [0, 0.1) is 5.92 Å². The number of benzene rings is 1. The third kappa shape index (κ3) is 5.45. The molecule has 24 heavy (non-hydrogen) atoms. The first-order valence-corrected chi connectivity index (χ1v) is 9.59. The third-order valence-corrected chi connectivity index (χ3v) is 5.23. The van der Waals surface area contributed by atoms with Crippen molar-refractivity contribution >= 4 is 0 Å². The molecule has 2 fully saturated rings. The van der Waals surface area contributed by atoms with Crippen molar-refractivity contribution in [1.82, 2.24) is 9.88 Å². The van der Waals surface area contributed by atoms with Crippen molar-refractivity contribution in [3.05, 3.63) is 54.9 Å². The molecule has 0 radical (unpaired) electrons. The van der Waals surface area contributed by atoms with Crippen molar-refractivity contribution in [2.45, 2.75) is 44.9 Å². The average Bonchev–Trinajstić information content (AvgIpc) is 3.18. The van der Waals surface area contributed by atoms with E-state index in [1.165, 1.54) is 75.7 Å². The van der Waals surface area contributed by atoms with E-state index in [4.69, 9.17) is 0 Å². The molecule has 1 aromatic carbocycles. The van der Waals surface area contributed by atoms with Gasteiger partial charge in [0.1, 0.15) is 0 Å². The lowest BCUT2D eigenvalue weighted by Gasteiger charge is -2.28. The Morgan fingerprint density at radius 1 is 0.750 bits per heavy atom. The lowest BCUT2D eigenvalue weighted by atomic mass is 10.1. The topological polar surface area (TPSA) is 16.1 Å². The van der Waals surface area contributed by atoms with E-state index in [1.54, 1.807) is 0 Å². The van der Waals surface area contributed by atoms with Crippen LogP contribution in [0.5, 0.6) is 0 Å². The Bertz CT molecular complexity index is 518. The standard InChI is InChI=1S/C11H21N.C11H9N/c1-4-8-12(9-5-1)10-11-6-2-3-7-11;1-2-4-10(5-3-1)11-6-8-12-9-7-11/h11H,1-10H2;1-9H. The minimum atomic E-state index is 1.06. The second-order valence-electron chi connectivity index (χ2n) is 7.11. The molecule has 2 aliphatic rings. The number of hydrogen-bond donors (Lipinski definition) is 0. The summed E-state index contributed by atoms with van der Waals surface area (Å²) in [6, 6.07) is 14.3. The van der Waals surface area contributed by atoms with E-state index in [1.807, 2.05) is 42.7 Å². The van der Waals surface area contributed by atoms with Gasteiger partial charge in [-0.15, -0.1) is 0 Å². The number of nitrogens with zero attached hydrogens (tertiary/aromatic N) is 2. The Labute approximate surface area is 146 Å². The van der Waals surface area contributed by atoms with Crippen LogP contribution < -0.4 is 0 Å². The van der Waals surface area contributed by atoms with Crippen molar-refractivity contribution in [3.63, 3.8) is 0 Å². The smallest absolute Gasteiger partial charge is 0.0273 e. The zero-order chi connectivity index (χ0) is 16.5. The molecule has 0 N–H and O–H groups in total. The highest BCUT2D eigenvalue weighted by molar-refractivity contribution is 5.62. The van der Waals surface area contributed by atoms with E-state index in [-0.39, 0.29) is 0 Å². The molecule has 0 amide bonds. The summed E-state index contributed by atoms with van der Waals surface area (Å²) >= 11 is 0. The number of rotatable bonds is 3. The summed E-state index contributed by atoms with van der Waals surface area (Å²) in [7, 11) is 0. The summed E-state index contributed by atoms with van der Waals surface area (Å²) in [5, 5.41) is 0. The van der Waals surface area contributed by atoms with E-state index >= 15 is 0 Å². The van der Waals surface area contributed by atoms with E-state index in [9.17, 15) is 0 Å². The van der Waals surface area contributed by atoms with Crippen LogP contribution in [0.2, 0.25) is 0 Å². The minimum absolute atomic E-state index is 1.06. The minimum Gasteiger partial charge on any atom is -0.303 e. The van der Waals surface area contributed by atoms with E-state index in [2.05, 4.69) is 22.0 Å². The molecule has 0 spiro atoms. The highest BCUT2D eigenvalue weighted by Crippen LogP contribution is 2.26. The van der Waals surface area contributed by atoms with Gasteiger partial charge >= 0.3 is 0 Å². The normalized spacial score (nSPS) is 18.8. The maximum absolute atomic E-state index is 3.97. The Morgan fingerprint density at radius 3 is 2.04 bits per heavy atom. The van der Waals surface area contributed by atoms with Gasteiger partial charge in [0.15, 0.2) is 0 Å². The fourth-order valence-electron chi connectivity index (χ4n) is 3.88. The summed E-state index contributed by atoms with van der Waals surface area (Å²) in [5.41, 5.74) is 2.45.